The highest BCUT2D eigenvalue weighted by molar-refractivity contribution is 5.83. The molecule has 0 aliphatic heterocycles. The number of phenols is 1. The largest absolute Gasteiger partial charge is 0.508 e. The molecule has 7 nitrogen and oxygen atoms in total. The molecule has 3 heterocycles. The van der Waals surface area contributed by atoms with Crippen molar-refractivity contribution in [3.05, 3.63) is 72.6 Å². The number of fused-ring (bicyclic) bond motifs is 1. The van der Waals surface area contributed by atoms with Crippen LogP contribution in [-0.2, 0) is 6.42 Å². The van der Waals surface area contributed by atoms with E-state index in [0.29, 0.717) is 5.65 Å². The Morgan fingerprint density at radius 3 is 2.61 bits per heavy atom. The molecule has 0 saturated carbocycles. The Hall–Kier alpha value is -3.48. The highest BCUT2D eigenvalue weighted by Crippen LogP contribution is 2.34. The molecular weight excluding hydrogens is 352 g/mol. The Morgan fingerprint density at radius 1 is 1.07 bits per heavy atom. The average molecular weight is 374 g/mol. The van der Waals surface area contributed by atoms with Crippen LogP contribution in [0.4, 0.5) is 5.82 Å². The molecule has 4 aromatic rings. The predicted molar refractivity (Wildman–Crippen MR) is 108 cm³/mol. The molecule has 0 aliphatic rings. The number of aromatic nitrogens is 5. The smallest absolute Gasteiger partial charge is 0.162 e. The van der Waals surface area contributed by atoms with Gasteiger partial charge in [-0.2, -0.15) is 0 Å². The second-order valence-corrected chi connectivity index (χ2v) is 6.97. The number of pyridine rings is 1. The molecule has 1 unspecified atom stereocenters. The molecule has 1 atom stereocenters. The van der Waals surface area contributed by atoms with Crippen molar-refractivity contribution in [1.29, 1.82) is 0 Å². The van der Waals surface area contributed by atoms with Crippen LogP contribution in [0.2, 0.25) is 0 Å². The third kappa shape index (κ3) is 3.51. The van der Waals surface area contributed by atoms with Gasteiger partial charge in [-0.25, -0.2) is 15.0 Å². The van der Waals surface area contributed by atoms with Crippen molar-refractivity contribution < 1.29 is 5.11 Å². The zero-order valence-electron chi connectivity index (χ0n) is 15.8. The SMILES string of the molecule is CC(C)N(c1ncnc2[nH]cnc12)C(Cc1cccnc1)c1ccc(O)cc1. The standard InChI is InChI=1S/C21H22N6O/c1-14(2)27(21-19-20(24-12-23-19)25-13-26-21)18(10-15-4-3-9-22-11-15)16-5-7-17(28)8-6-16/h3-9,11-14,18,28H,10H2,1-2H3,(H,23,24,25,26). The molecule has 7 heteroatoms. The summed E-state index contributed by atoms with van der Waals surface area (Å²) in [5.74, 6) is 1.03. The number of aromatic hydroxyl groups is 1. The Balaban J connectivity index is 1.84. The van der Waals surface area contributed by atoms with E-state index in [4.69, 9.17) is 0 Å². The summed E-state index contributed by atoms with van der Waals surface area (Å²) in [4.78, 5) is 22.9. The first kappa shape index (κ1) is 17.9. The number of phenolic OH excluding ortho intramolecular Hbond substituents is 1. The van der Waals surface area contributed by atoms with Crippen molar-refractivity contribution >= 4 is 17.0 Å². The lowest BCUT2D eigenvalue weighted by Crippen LogP contribution is -2.37. The number of hydrogen-bond donors (Lipinski definition) is 2. The molecule has 2 N–H and O–H groups in total. The molecule has 4 rings (SSSR count). The number of H-pyrrole nitrogens is 1. The summed E-state index contributed by atoms with van der Waals surface area (Å²) < 4.78 is 0. The fraction of sp³-hybridized carbons (Fsp3) is 0.238. The van der Waals surface area contributed by atoms with Crippen LogP contribution in [0.3, 0.4) is 0 Å². The van der Waals surface area contributed by atoms with E-state index < -0.39 is 0 Å². The zero-order valence-corrected chi connectivity index (χ0v) is 15.8. The van der Waals surface area contributed by atoms with Gasteiger partial charge in [0.25, 0.3) is 0 Å². The Kier molecular flexibility index (Phi) is 4.89. The van der Waals surface area contributed by atoms with Gasteiger partial charge in [-0.1, -0.05) is 18.2 Å². The van der Waals surface area contributed by atoms with Gasteiger partial charge in [0, 0.05) is 18.4 Å². The number of nitrogens with zero attached hydrogens (tertiary/aromatic N) is 5. The second kappa shape index (κ2) is 7.64. The summed E-state index contributed by atoms with van der Waals surface area (Å²) >= 11 is 0. The van der Waals surface area contributed by atoms with E-state index in [1.807, 2.05) is 24.4 Å². The van der Waals surface area contributed by atoms with Crippen LogP contribution in [0.25, 0.3) is 11.2 Å². The first-order valence-electron chi connectivity index (χ1n) is 9.23. The van der Waals surface area contributed by atoms with Crippen LogP contribution in [0, 0.1) is 0 Å². The van der Waals surface area contributed by atoms with Crippen LogP contribution < -0.4 is 4.90 Å². The summed E-state index contributed by atoms with van der Waals surface area (Å²) in [6, 6.07) is 11.5. The number of aromatic amines is 1. The number of benzene rings is 1. The van der Waals surface area contributed by atoms with Gasteiger partial charge in [-0.15, -0.1) is 0 Å². The maximum absolute atomic E-state index is 9.75. The number of hydrogen-bond acceptors (Lipinski definition) is 6. The number of anilines is 1. The highest BCUT2D eigenvalue weighted by Gasteiger charge is 2.27. The molecule has 0 bridgehead atoms. The van der Waals surface area contributed by atoms with E-state index >= 15 is 0 Å². The fourth-order valence-corrected chi connectivity index (χ4v) is 3.51. The zero-order chi connectivity index (χ0) is 19.5. The van der Waals surface area contributed by atoms with Gasteiger partial charge in [-0.3, -0.25) is 4.98 Å². The molecule has 3 aromatic heterocycles. The van der Waals surface area contributed by atoms with Crippen molar-refractivity contribution in [2.45, 2.75) is 32.4 Å². The Morgan fingerprint density at radius 2 is 1.89 bits per heavy atom. The second-order valence-electron chi connectivity index (χ2n) is 6.97. The summed E-state index contributed by atoms with van der Waals surface area (Å²) in [5.41, 5.74) is 3.66. The third-order valence-electron chi connectivity index (χ3n) is 4.76. The normalized spacial score (nSPS) is 12.4. The maximum atomic E-state index is 9.75. The quantitative estimate of drug-likeness (QED) is 0.535. The lowest BCUT2D eigenvalue weighted by atomic mass is 9.96. The Labute approximate surface area is 163 Å². The summed E-state index contributed by atoms with van der Waals surface area (Å²) in [6.45, 7) is 4.27. The van der Waals surface area contributed by atoms with Gasteiger partial charge in [0.1, 0.15) is 17.6 Å². The van der Waals surface area contributed by atoms with Crippen LogP contribution in [0.15, 0.2) is 61.4 Å². The maximum Gasteiger partial charge on any atom is 0.162 e. The van der Waals surface area contributed by atoms with Crippen LogP contribution in [-0.4, -0.2) is 36.1 Å². The molecule has 0 fully saturated rings. The summed E-state index contributed by atoms with van der Waals surface area (Å²) in [7, 11) is 0. The average Bonchev–Trinajstić information content (AvgIpc) is 3.18. The van der Waals surface area contributed by atoms with E-state index in [-0.39, 0.29) is 17.8 Å². The van der Waals surface area contributed by atoms with Crippen molar-refractivity contribution in [2.75, 3.05) is 4.90 Å². The van der Waals surface area contributed by atoms with Crippen molar-refractivity contribution in [2.24, 2.45) is 0 Å². The minimum absolute atomic E-state index is 0.0143. The molecule has 0 radical (unpaired) electrons. The summed E-state index contributed by atoms with van der Waals surface area (Å²) in [6.07, 6.45) is 7.60. The lowest BCUT2D eigenvalue weighted by molar-refractivity contribution is 0.474. The van der Waals surface area contributed by atoms with Crippen LogP contribution >= 0.6 is 0 Å². The van der Waals surface area contributed by atoms with Crippen LogP contribution in [0.1, 0.15) is 31.0 Å². The molecule has 0 amide bonds. The van der Waals surface area contributed by atoms with Gasteiger partial charge < -0.3 is 15.0 Å². The molecule has 0 saturated heterocycles. The van der Waals surface area contributed by atoms with Gasteiger partial charge in [0.15, 0.2) is 11.5 Å². The first-order chi connectivity index (χ1) is 13.6. The van der Waals surface area contributed by atoms with Crippen molar-refractivity contribution in [3.63, 3.8) is 0 Å². The van der Waals surface area contributed by atoms with E-state index in [0.717, 1.165) is 28.9 Å². The van der Waals surface area contributed by atoms with E-state index in [9.17, 15) is 5.11 Å². The molecule has 1 aromatic carbocycles. The van der Waals surface area contributed by atoms with Crippen molar-refractivity contribution in [1.82, 2.24) is 24.9 Å². The Bertz CT molecular complexity index is 1050. The molecule has 28 heavy (non-hydrogen) atoms. The van der Waals surface area contributed by atoms with Gasteiger partial charge in [0.2, 0.25) is 0 Å². The molecule has 0 aliphatic carbocycles. The molecular formula is C21H22N6O. The molecule has 0 spiro atoms. The molecule has 142 valence electrons. The highest BCUT2D eigenvalue weighted by atomic mass is 16.3. The van der Waals surface area contributed by atoms with E-state index in [1.165, 1.54) is 0 Å². The number of rotatable bonds is 6. The van der Waals surface area contributed by atoms with Gasteiger partial charge in [-0.05, 0) is 49.6 Å². The van der Waals surface area contributed by atoms with E-state index in [1.54, 1.807) is 31.0 Å². The van der Waals surface area contributed by atoms with Crippen molar-refractivity contribution in [3.8, 4) is 5.75 Å². The lowest BCUT2D eigenvalue weighted by Gasteiger charge is -2.36. The number of imidazole rings is 1. The van der Waals surface area contributed by atoms with Crippen LogP contribution in [0.5, 0.6) is 5.75 Å². The minimum Gasteiger partial charge on any atom is -0.508 e. The predicted octanol–water partition coefficient (Wildman–Crippen LogP) is 3.65. The minimum atomic E-state index is -0.0143. The number of nitrogens with one attached hydrogen (secondary N) is 1. The van der Waals surface area contributed by atoms with E-state index in [2.05, 4.69) is 49.7 Å². The van der Waals surface area contributed by atoms with Gasteiger partial charge >= 0.3 is 0 Å². The first-order valence-corrected chi connectivity index (χ1v) is 9.23. The summed E-state index contributed by atoms with van der Waals surface area (Å²) in [5, 5.41) is 9.75. The fourth-order valence-electron chi connectivity index (χ4n) is 3.51. The third-order valence-corrected chi connectivity index (χ3v) is 4.76. The topological polar surface area (TPSA) is 90.8 Å². The van der Waals surface area contributed by atoms with Gasteiger partial charge in [0.05, 0.1) is 12.4 Å². The monoisotopic (exact) mass is 374 g/mol.